The molecule has 2 unspecified atom stereocenters. The molecule has 0 aromatic heterocycles. The van der Waals surface area contributed by atoms with E-state index in [1.54, 1.807) is 0 Å². The quantitative estimate of drug-likeness (QED) is 0.832. The van der Waals surface area contributed by atoms with E-state index in [1.165, 1.54) is 0 Å². The van der Waals surface area contributed by atoms with Crippen LogP contribution in [0.4, 0.5) is 0 Å². The molecule has 1 aromatic rings. The van der Waals surface area contributed by atoms with Gasteiger partial charge in [-0.3, -0.25) is 9.59 Å². The van der Waals surface area contributed by atoms with Crippen molar-refractivity contribution in [2.24, 2.45) is 17.6 Å². The second kappa shape index (κ2) is 8.99. The molecule has 1 aliphatic heterocycles. The first kappa shape index (κ1) is 19.4. The monoisotopic (exact) mass is 345 g/mol. The van der Waals surface area contributed by atoms with Crippen molar-refractivity contribution in [1.29, 1.82) is 0 Å². The maximum absolute atomic E-state index is 13.1. The molecule has 25 heavy (non-hydrogen) atoms. The summed E-state index contributed by atoms with van der Waals surface area (Å²) in [5.41, 5.74) is 6.82. The highest BCUT2D eigenvalue weighted by atomic mass is 16.2. The van der Waals surface area contributed by atoms with Gasteiger partial charge in [-0.2, -0.15) is 0 Å². The van der Waals surface area contributed by atoms with Crippen molar-refractivity contribution < 1.29 is 9.59 Å². The van der Waals surface area contributed by atoms with Crippen LogP contribution in [0.2, 0.25) is 0 Å². The first-order valence-corrected chi connectivity index (χ1v) is 9.27. The smallest absolute Gasteiger partial charge is 0.249 e. The normalized spacial score (nSPS) is 18.0. The minimum absolute atomic E-state index is 0.0218. The molecule has 1 fully saturated rings. The van der Waals surface area contributed by atoms with Crippen molar-refractivity contribution >= 4 is 11.8 Å². The second-order valence-electron chi connectivity index (χ2n) is 7.53. The number of hydrogen-bond acceptors (Lipinski definition) is 3. The van der Waals surface area contributed by atoms with Crippen molar-refractivity contribution in [3.05, 3.63) is 35.9 Å². The number of likely N-dealkylation sites (tertiary alicyclic amines) is 1. The minimum Gasteiger partial charge on any atom is -0.341 e. The first-order chi connectivity index (χ1) is 11.9. The van der Waals surface area contributed by atoms with Gasteiger partial charge in [-0.15, -0.1) is 0 Å². The summed E-state index contributed by atoms with van der Waals surface area (Å²) in [4.78, 5) is 27.2. The summed E-state index contributed by atoms with van der Waals surface area (Å²) in [6.07, 6.45) is 2.26. The van der Waals surface area contributed by atoms with Crippen LogP contribution in [0.5, 0.6) is 0 Å². The second-order valence-corrected chi connectivity index (χ2v) is 7.53. The fraction of sp³-hybridized carbons (Fsp3) is 0.600. The van der Waals surface area contributed by atoms with Crippen molar-refractivity contribution in [3.8, 4) is 0 Å². The van der Waals surface area contributed by atoms with Crippen molar-refractivity contribution in [2.75, 3.05) is 13.1 Å². The molecule has 1 saturated heterocycles. The van der Waals surface area contributed by atoms with E-state index in [0.29, 0.717) is 25.4 Å². The lowest BCUT2D eigenvalue weighted by molar-refractivity contribution is -0.138. The Morgan fingerprint density at radius 1 is 1.16 bits per heavy atom. The summed E-state index contributed by atoms with van der Waals surface area (Å²) >= 11 is 0. The van der Waals surface area contributed by atoms with Gasteiger partial charge >= 0.3 is 0 Å². The molecule has 1 heterocycles. The molecule has 0 bridgehead atoms. The molecular formula is C20H31N3O2. The van der Waals surface area contributed by atoms with Crippen LogP contribution in [0.25, 0.3) is 0 Å². The summed E-state index contributed by atoms with van der Waals surface area (Å²) in [6, 6.07) is 9.04. The average molecular weight is 345 g/mol. The van der Waals surface area contributed by atoms with E-state index in [2.05, 4.69) is 5.32 Å². The highest BCUT2D eigenvalue weighted by molar-refractivity contribution is 5.88. The number of benzene rings is 1. The van der Waals surface area contributed by atoms with E-state index in [4.69, 9.17) is 5.73 Å². The third-order valence-corrected chi connectivity index (χ3v) is 4.87. The lowest BCUT2D eigenvalue weighted by atomic mass is 9.90. The molecule has 2 atom stereocenters. The largest absolute Gasteiger partial charge is 0.341 e. The molecule has 1 aliphatic rings. The van der Waals surface area contributed by atoms with E-state index in [1.807, 2.05) is 56.0 Å². The van der Waals surface area contributed by atoms with Crippen LogP contribution < -0.4 is 11.1 Å². The topological polar surface area (TPSA) is 75.4 Å². The van der Waals surface area contributed by atoms with Gasteiger partial charge in [0.1, 0.15) is 6.04 Å². The Hall–Kier alpha value is -1.88. The maximum atomic E-state index is 13.1. The van der Waals surface area contributed by atoms with Crippen molar-refractivity contribution in [3.63, 3.8) is 0 Å². The Labute approximate surface area is 151 Å². The molecule has 0 radical (unpaired) electrons. The van der Waals surface area contributed by atoms with Crippen LogP contribution >= 0.6 is 0 Å². The van der Waals surface area contributed by atoms with Gasteiger partial charge in [0.2, 0.25) is 11.8 Å². The van der Waals surface area contributed by atoms with Crippen LogP contribution in [0, 0.1) is 11.8 Å². The summed E-state index contributed by atoms with van der Waals surface area (Å²) in [6.45, 7) is 7.43. The number of nitrogens with zero attached hydrogens (tertiary/aromatic N) is 1. The Balaban J connectivity index is 2.09. The molecule has 2 amide bonds. The fourth-order valence-electron chi connectivity index (χ4n) is 3.35. The van der Waals surface area contributed by atoms with E-state index in [-0.39, 0.29) is 23.8 Å². The zero-order valence-electron chi connectivity index (χ0n) is 15.6. The van der Waals surface area contributed by atoms with Gasteiger partial charge in [0.15, 0.2) is 0 Å². The highest BCUT2D eigenvalue weighted by Gasteiger charge is 2.31. The van der Waals surface area contributed by atoms with Gasteiger partial charge in [0.25, 0.3) is 0 Å². The van der Waals surface area contributed by atoms with Crippen LogP contribution in [0.15, 0.2) is 30.3 Å². The first-order valence-electron chi connectivity index (χ1n) is 9.27. The third-order valence-electron chi connectivity index (χ3n) is 4.87. The van der Waals surface area contributed by atoms with E-state index in [9.17, 15) is 9.59 Å². The van der Waals surface area contributed by atoms with Crippen LogP contribution in [0.1, 0.15) is 51.6 Å². The summed E-state index contributed by atoms with van der Waals surface area (Å²) in [5.74, 6) is 0.622. The van der Waals surface area contributed by atoms with E-state index >= 15 is 0 Å². The van der Waals surface area contributed by atoms with Gasteiger partial charge in [-0.1, -0.05) is 44.2 Å². The van der Waals surface area contributed by atoms with Gasteiger partial charge in [0.05, 0.1) is 0 Å². The maximum Gasteiger partial charge on any atom is 0.249 e. The predicted octanol–water partition coefficient (Wildman–Crippen LogP) is 2.48. The van der Waals surface area contributed by atoms with Crippen molar-refractivity contribution in [2.45, 2.75) is 52.1 Å². The zero-order valence-corrected chi connectivity index (χ0v) is 15.6. The molecule has 0 saturated carbocycles. The number of piperidine rings is 1. The number of carbonyl (C=O) groups is 2. The molecule has 2 rings (SSSR count). The van der Waals surface area contributed by atoms with E-state index < -0.39 is 6.04 Å². The van der Waals surface area contributed by atoms with Gasteiger partial charge < -0.3 is 16.0 Å². The molecule has 1 aromatic carbocycles. The molecule has 5 heteroatoms. The Kier molecular flexibility index (Phi) is 7.00. The average Bonchev–Trinajstić information content (AvgIpc) is 2.59. The number of amides is 2. The summed E-state index contributed by atoms with van der Waals surface area (Å²) in [5, 5.41) is 2.94. The molecule has 3 N–H and O–H groups in total. The molecule has 138 valence electrons. The van der Waals surface area contributed by atoms with Gasteiger partial charge in [-0.05, 0) is 37.2 Å². The predicted molar refractivity (Wildman–Crippen MR) is 99.7 cm³/mol. The number of nitrogens with two attached hydrogens (primary N) is 1. The number of nitrogens with one attached hydrogen (secondary N) is 1. The summed E-state index contributed by atoms with van der Waals surface area (Å²) < 4.78 is 0. The Morgan fingerprint density at radius 3 is 2.28 bits per heavy atom. The minimum atomic E-state index is -0.612. The van der Waals surface area contributed by atoms with Crippen LogP contribution in [-0.2, 0) is 9.59 Å². The van der Waals surface area contributed by atoms with Crippen LogP contribution in [0.3, 0.4) is 0 Å². The molecule has 0 aliphatic carbocycles. The molecule has 0 spiro atoms. The fourth-order valence-corrected chi connectivity index (χ4v) is 3.35. The highest BCUT2D eigenvalue weighted by Crippen LogP contribution is 2.23. The zero-order chi connectivity index (χ0) is 18.4. The third kappa shape index (κ3) is 5.56. The Bertz CT molecular complexity index is 564. The lowest BCUT2D eigenvalue weighted by Crippen LogP contribution is -2.47. The number of hydrogen-bond donors (Lipinski definition) is 2. The Morgan fingerprint density at radius 2 is 1.76 bits per heavy atom. The summed E-state index contributed by atoms with van der Waals surface area (Å²) in [7, 11) is 0. The van der Waals surface area contributed by atoms with Gasteiger partial charge in [-0.25, -0.2) is 0 Å². The lowest BCUT2D eigenvalue weighted by Gasteiger charge is -2.36. The van der Waals surface area contributed by atoms with Crippen molar-refractivity contribution in [1.82, 2.24) is 10.2 Å². The molecular weight excluding hydrogens is 314 g/mol. The van der Waals surface area contributed by atoms with E-state index in [0.717, 1.165) is 18.4 Å². The van der Waals surface area contributed by atoms with Gasteiger partial charge in [0, 0.05) is 25.6 Å². The SMILES string of the molecule is CC(C)CC(=O)NC(C(=O)N1CCC(C(C)N)CC1)c1ccccc1. The standard InChI is InChI=1S/C20H31N3O2/c1-14(2)13-18(24)22-19(17-7-5-4-6-8-17)20(25)23-11-9-16(10-12-23)15(3)21/h4-8,14-16,19H,9-13,21H2,1-3H3,(H,22,24). The van der Waals surface area contributed by atoms with Crippen LogP contribution in [-0.4, -0.2) is 35.8 Å². The molecule has 5 nitrogen and oxygen atoms in total. The number of rotatable bonds is 6. The number of carbonyl (C=O) groups excluding carboxylic acids is 2.